The van der Waals surface area contributed by atoms with E-state index in [2.05, 4.69) is 4.72 Å². The van der Waals surface area contributed by atoms with Crippen molar-refractivity contribution in [1.29, 1.82) is 0 Å². The van der Waals surface area contributed by atoms with Crippen molar-refractivity contribution in [1.82, 2.24) is 4.72 Å². The van der Waals surface area contributed by atoms with E-state index in [1.165, 1.54) is 11.8 Å². The van der Waals surface area contributed by atoms with Gasteiger partial charge in [0.1, 0.15) is 0 Å². The average molecular weight is 322 g/mol. The number of hydrogen-bond acceptors (Lipinski definition) is 4. The van der Waals surface area contributed by atoms with Crippen LogP contribution in [0.2, 0.25) is 0 Å². The van der Waals surface area contributed by atoms with Gasteiger partial charge in [-0.05, 0) is 29.8 Å². The van der Waals surface area contributed by atoms with Gasteiger partial charge in [-0.2, -0.15) is 0 Å². The van der Waals surface area contributed by atoms with Crippen LogP contribution < -0.4 is 10.5 Å². The fourth-order valence-corrected chi connectivity index (χ4v) is 4.00. The summed E-state index contributed by atoms with van der Waals surface area (Å²) in [5.41, 5.74) is 7.26. The minimum atomic E-state index is -3.25. The Bertz CT molecular complexity index is 656. The van der Waals surface area contributed by atoms with Crippen molar-refractivity contribution < 1.29 is 8.42 Å². The zero-order valence-electron chi connectivity index (χ0n) is 11.5. The standard InChI is InChI=1S/C15H18N2O2S2/c16-14-6-8-15(9-7-14)20-10-11-21(18,19)17-12-13-4-2-1-3-5-13/h1-9,17H,10-12,16H2. The van der Waals surface area contributed by atoms with Gasteiger partial charge in [0.25, 0.3) is 0 Å². The van der Waals surface area contributed by atoms with E-state index in [0.717, 1.165) is 10.5 Å². The molecule has 0 aromatic heterocycles. The lowest BCUT2D eigenvalue weighted by molar-refractivity contribution is 0.583. The number of nitrogens with two attached hydrogens (primary N) is 1. The molecule has 0 aliphatic rings. The van der Waals surface area contributed by atoms with Crippen molar-refractivity contribution in [2.24, 2.45) is 0 Å². The lowest BCUT2D eigenvalue weighted by Crippen LogP contribution is -2.26. The Morgan fingerprint density at radius 2 is 1.67 bits per heavy atom. The second-order valence-corrected chi connectivity index (χ2v) is 7.64. The predicted molar refractivity (Wildman–Crippen MR) is 88.6 cm³/mol. The number of hydrogen-bond donors (Lipinski definition) is 2. The molecule has 0 spiro atoms. The zero-order valence-corrected chi connectivity index (χ0v) is 13.2. The molecule has 0 heterocycles. The molecule has 0 fully saturated rings. The van der Waals surface area contributed by atoms with Crippen LogP contribution in [0.1, 0.15) is 5.56 Å². The van der Waals surface area contributed by atoms with E-state index in [0.29, 0.717) is 18.0 Å². The first kappa shape index (κ1) is 15.9. The number of thioether (sulfide) groups is 1. The summed E-state index contributed by atoms with van der Waals surface area (Å²) in [7, 11) is -3.25. The molecule has 0 saturated heterocycles. The molecule has 0 radical (unpaired) electrons. The first-order valence-electron chi connectivity index (χ1n) is 6.55. The molecule has 21 heavy (non-hydrogen) atoms. The number of nitrogens with one attached hydrogen (secondary N) is 1. The van der Waals surface area contributed by atoms with E-state index in [4.69, 9.17) is 5.73 Å². The Morgan fingerprint density at radius 1 is 1.00 bits per heavy atom. The Morgan fingerprint density at radius 3 is 2.33 bits per heavy atom. The van der Waals surface area contributed by atoms with E-state index in [9.17, 15) is 8.42 Å². The SMILES string of the molecule is Nc1ccc(SCCS(=O)(=O)NCc2ccccc2)cc1. The zero-order chi connectivity index (χ0) is 15.1. The monoisotopic (exact) mass is 322 g/mol. The second kappa shape index (κ2) is 7.49. The highest BCUT2D eigenvalue weighted by atomic mass is 32.2. The van der Waals surface area contributed by atoms with Crippen LogP contribution in [0.4, 0.5) is 5.69 Å². The third kappa shape index (κ3) is 5.79. The van der Waals surface area contributed by atoms with Gasteiger partial charge in [-0.3, -0.25) is 0 Å². The largest absolute Gasteiger partial charge is 0.399 e. The van der Waals surface area contributed by atoms with E-state index < -0.39 is 10.0 Å². The van der Waals surface area contributed by atoms with Gasteiger partial charge in [0, 0.05) is 22.9 Å². The van der Waals surface area contributed by atoms with Crippen LogP contribution in [-0.4, -0.2) is 19.9 Å². The Balaban J connectivity index is 1.77. The van der Waals surface area contributed by atoms with Gasteiger partial charge in [0.2, 0.25) is 10.0 Å². The van der Waals surface area contributed by atoms with Crippen molar-refractivity contribution in [2.45, 2.75) is 11.4 Å². The Kier molecular flexibility index (Phi) is 5.67. The minimum absolute atomic E-state index is 0.0921. The molecule has 0 atom stereocenters. The van der Waals surface area contributed by atoms with Crippen LogP contribution in [0.15, 0.2) is 59.5 Å². The number of anilines is 1. The molecule has 3 N–H and O–H groups in total. The van der Waals surface area contributed by atoms with Gasteiger partial charge in [-0.1, -0.05) is 30.3 Å². The number of benzene rings is 2. The van der Waals surface area contributed by atoms with Crippen molar-refractivity contribution in [3.8, 4) is 0 Å². The summed E-state index contributed by atoms with van der Waals surface area (Å²) in [4.78, 5) is 1.02. The molecule has 0 saturated carbocycles. The van der Waals surface area contributed by atoms with Crippen LogP contribution in [0, 0.1) is 0 Å². The van der Waals surface area contributed by atoms with Crippen molar-refractivity contribution in [3.05, 3.63) is 60.2 Å². The van der Waals surface area contributed by atoms with Gasteiger partial charge in [-0.15, -0.1) is 11.8 Å². The van der Waals surface area contributed by atoms with E-state index in [1.807, 2.05) is 54.6 Å². The van der Waals surface area contributed by atoms with Gasteiger partial charge in [-0.25, -0.2) is 13.1 Å². The summed E-state index contributed by atoms with van der Waals surface area (Å²) in [6.07, 6.45) is 0. The third-order valence-electron chi connectivity index (χ3n) is 2.84. The Hall–Kier alpha value is -1.50. The van der Waals surface area contributed by atoms with Gasteiger partial charge < -0.3 is 5.73 Å². The second-order valence-electron chi connectivity index (χ2n) is 4.54. The summed E-state index contributed by atoms with van der Waals surface area (Å²) in [6.45, 7) is 0.329. The van der Waals surface area contributed by atoms with Crippen LogP contribution in [0.5, 0.6) is 0 Å². The minimum Gasteiger partial charge on any atom is -0.399 e. The van der Waals surface area contributed by atoms with Gasteiger partial charge >= 0.3 is 0 Å². The fourth-order valence-electron chi connectivity index (χ4n) is 1.69. The lowest BCUT2D eigenvalue weighted by Gasteiger charge is -2.07. The highest BCUT2D eigenvalue weighted by Crippen LogP contribution is 2.19. The van der Waals surface area contributed by atoms with Crippen LogP contribution >= 0.6 is 11.8 Å². The smallest absolute Gasteiger partial charge is 0.212 e. The fraction of sp³-hybridized carbons (Fsp3) is 0.200. The van der Waals surface area contributed by atoms with Crippen molar-refractivity contribution in [3.63, 3.8) is 0 Å². The maximum absolute atomic E-state index is 11.9. The number of rotatable bonds is 7. The number of nitrogen functional groups attached to an aromatic ring is 1. The molecule has 0 unspecified atom stereocenters. The molecular formula is C15H18N2O2S2. The third-order valence-corrected chi connectivity index (χ3v) is 5.44. The lowest BCUT2D eigenvalue weighted by atomic mass is 10.2. The summed E-state index contributed by atoms with van der Waals surface area (Å²) < 4.78 is 26.4. The topological polar surface area (TPSA) is 72.2 Å². The molecular weight excluding hydrogens is 304 g/mol. The highest BCUT2D eigenvalue weighted by Gasteiger charge is 2.09. The van der Waals surface area contributed by atoms with E-state index >= 15 is 0 Å². The summed E-state index contributed by atoms with van der Waals surface area (Å²) in [6, 6.07) is 16.9. The quantitative estimate of drug-likeness (QED) is 0.607. The van der Waals surface area contributed by atoms with Gasteiger partial charge in [0.15, 0.2) is 0 Å². The molecule has 2 rings (SSSR count). The highest BCUT2D eigenvalue weighted by molar-refractivity contribution is 8.00. The molecule has 112 valence electrons. The molecule has 4 nitrogen and oxygen atoms in total. The maximum Gasteiger partial charge on any atom is 0.212 e. The molecule has 2 aromatic rings. The summed E-state index contributed by atoms with van der Waals surface area (Å²) >= 11 is 1.50. The van der Waals surface area contributed by atoms with Crippen molar-refractivity contribution >= 4 is 27.5 Å². The molecule has 0 aliphatic heterocycles. The average Bonchev–Trinajstić information content (AvgIpc) is 2.48. The molecule has 6 heteroatoms. The molecule has 0 amide bonds. The number of sulfonamides is 1. The Labute approximate surface area is 129 Å². The molecule has 2 aromatic carbocycles. The first-order chi connectivity index (χ1) is 10.1. The van der Waals surface area contributed by atoms with Crippen molar-refractivity contribution in [2.75, 3.05) is 17.2 Å². The molecule has 0 aliphatic carbocycles. The van der Waals surface area contributed by atoms with E-state index in [-0.39, 0.29) is 5.75 Å². The summed E-state index contributed by atoms with van der Waals surface area (Å²) in [5, 5.41) is 0. The van der Waals surface area contributed by atoms with Crippen LogP contribution in [-0.2, 0) is 16.6 Å². The van der Waals surface area contributed by atoms with E-state index in [1.54, 1.807) is 0 Å². The normalized spacial score (nSPS) is 11.4. The summed E-state index contributed by atoms with van der Waals surface area (Å²) in [5.74, 6) is 0.600. The maximum atomic E-state index is 11.9. The predicted octanol–water partition coefficient (Wildman–Crippen LogP) is 2.48. The molecule has 0 bridgehead atoms. The first-order valence-corrected chi connectivity index (χ1v) is 9.18. The van der Waals surface area contributed by atoms with Crippen LogP contribution in [0.3, 0.4) is 0 Å². The van der Waals surface area contributed by atoms with Crippen LogP contribution in [0.25, 0.3) is 0 Å². The van der Waals surface area contributed by atoms with Gasteiger partial charge in [0.05, 0.1) is 5.75 Å².